The summed E-state index contributed by atoms with van der Waals surface area (Å²) >= 11 is 0. The molecule has 1 saturated heterocycles. The maximum atomic E-state index is 12.2. The van der Waals surface area contributed by atoms with Crippen molar-refractivity contribution in [2.24, 2.45) is 5.73 Å². The molecule has 1 aliphatic rings. The van der Waals surface area contributed by atoms with E-state index in [-0.39, 0.29) is 5.91 Å². The number of hydrogen-bond acceptors (Lipinski definition) is 3. The number of nitrogens with two attached hydrogens (primary N) is 1. The topological polar surface area (TPSA) is 59.5 Å². The maximum absolute atomic E-state index is 12.2. The number of furan rings is 1. The van der Waals surface area contributed by atoms with Gasteiger partial charge in [-0.05, 0) is 18.9 Å². The van der Waals surface area contributed by atoms with Crippen LogP contribution in [0.4, 0.5) is 0 Å². The minimum absolute atomic E-state index is 0.0581. The molecule has 2 aromatic rings. The molecule has 100 valence electrons. The molecule has 1 amide bonds. The molecule has 3 rings (SSSR count). The third-order valence-corrected chi connectivity index (χ3v) is 3.74. The predicted octanol–water partition coefficient (Wildman–Crippen LogP) is 1.93. The first-order chi connectivity index (χ1) is 9.25. The number of carbonyl (C=O) groups excluding carboxylic acids is 1. The van der Waals surface area contributed by atoms with Gasteiger partial charge in [0.25, 0.3) is 0 Å². The summed E-state index contributed by atoms with van der Waals surface area (Å²) in [5.74, 6) is 0.0581. The number of para-hydroxylation sites is 1. The largest absolute Gasteiger partial charge is 0.464 e. The Hall–Kier alpha value is -1.81. The molecule has 2 heterocycles. The van der Waals surface area contributed by atoms with Crippen LogP contribution in [0.3, 0.4) is 0 Å². The number of carbonyl (C=O) groups is 1. The van der Waals surface area contributed by atoms with Crippen LogP contribution in [-0.4, -0.2) is 29.9 Å². The van der Waals surface area contributed by atoms with E-state index in [1.807, 2.05) is 29.2 Å². The highest BCUT2D eigenvalue weighted by Gasteiger charge is 2.24. The van der Waals surface area contributed by atoms with Crippen molar-refractivity contribution in [2.75, 3.05) is 13.1 Å². The van der Waals surface area contributed by atoms with Crippen molar-refractivity contribution >= 4 is 16.9 Å². The van der Waals surface area contributed by atoms with Crippen molar-refractivity contribution in [3.8, 4) is 0 Å². The van der Waals surface area contributed by atoms with Gasteiger partial charge in [-0.1, -0.05) is 18.2 Å². The Morgan fingerprint density at radius 1 is 1.32 bits per heavy atom. The van der Waals surface area contributed by atoms with E-state index in [0.717, 1.165) is 42.5 Å². The monoisotopic (exact) mass is 258 g/mol. The Labute approximate surface area is 112 Å². The Bertz CT molecular complexity index is 585. The molecular formula is C15H18N2O2. The molecule has 1 fully saturated rings. The summed E-state index contributed by atoms with van der Waals surface area (Å²) in [6.45, 7) is 1.69. The van der Waals surface area contributed by atoms with Crippen LogP contribution >= 0.6 is 0 Å². The van der Waals surface area contributed by atoms with E-state index >= 15 is 0 Å². The number of benzene rings is 1. The summed E-state index contributed by atoms with van der Waals surface area (Å²) in [6.07, 6.45) is 4.42. The lowest BCUT2D eigenvalue weighted by Gasteiger charge is -2.19. The number of fused-ring (bicyclic) bond motifs is 1. The second-order valence-corrected chi connectivity index (χ2v) is 5.10. The zero-order chi connectivity index (χ0) is 13.2. The Balaban J connectivity index is 1.75. The van der Waals surface area contributed by atoms with Crippen LogP contribution in [0.25, 0.3) is 11.0 Å². The number of rotatable bonds is 3. The molecule has 1 aromatic carbocycles. The number of hydrogen-bond donors (Lipinski definition) is 1. The van der Waals surface area contributed by atoms with Gasteiger partial charge < -0.3 is 15.1 Å². The number of nitrogens with zero attached hydrogens (tertiary/aromatic N) is 1. The number of likely N-dealkylation sites (tertiary alicyclic amines) is 1. The van der Waals surface area contributed by atoms with E-state index < -0.39 is 6.04 Å². The fraction of sp³-hybridized carbons (Fsp3) is 0.400. The molecule has 0 spiro atoms. The molecule has 4 heteroatoms. The van der Waals surface area contributed by atoms with Gasteiger partial charge in [0.1, 0.15) is 5.58 Å². The summed E-state index contributed by atoms with van der Waals surface area (Å²) in [5, 5.41) is 1.05. The molecule has 4 nitrogen and oxygen atoms in total. The predicted molar refractivity (Wildman–Crippen MR) is 73.7 cm³/mol. The van der Waals surface area contributed by atoms with Crippen LogP contribution in [0.5, 0.6) is 0 Å². The normalized spacial score (nSPS) is 17.0. The van der Waals surface area contributed by atoms with Crippen molar-refractivity contribution in [2.45, 2.75) is 25.3 Å². The second-order valence-electron chi connectivity index (χ2n) is 5.10. The van der Waals surface area contributed by atoms with Gasteiger partial charge in [-0.15, -0.1) is 0 Å². The number of amides is 1. The minimum atomic E-state index is -0.473. The van der Waals surface area contributed by atoms with Crippen molar-refractivity contribution in [3.05, 3.63) is 36.1 Å². The van der Waals surface area contributed by atoms with Crippen LogP contribution in [0.2, 0.25) is 0 Å². The summed E-state index contributed by atoms with van der Waals surface area (Å²) in [7, 11) is 0. The van der Waals surface area contributed by atoms with Crippen molar-refractivity contribution < 1.29 is 9.21 Å². The molecule has 0 radical (unpaired) electrons. The van der Waals surface area contributed by atoms with E-state index in [9.17, 15) is 4.79 Å². The van der Waals surface area contributed by atoms with E-state index in [1.54, 1.807) is 6.26 Å². The molecule has 2 N–H and O–H groups in total. The molecule has 0 aliphatic carbocycles. The van der Waals surface area contributed by atoms with Crippen molar-refractivity contribution in [1.82, 2.24) is 4.90 Å². The highest BCUT2D eigenvalue weighted by atomic mass is 16.3. The average Bonchev–Trinajstić information content (AvgIpc) is 3.08. The van der Waals surface area contributed by atoms with E-state index in [1.165, 1.54) is 0 Å². The zero-order valence-electron chi connectivity index (χ0n) is 10.8. The summed E-state index contributed by atoms with van der Waals surface area (Å²) < 4.78 is 5.47. The summed E-state index contributed by atoms with van der Waals surface area (Å²) in [5.41, 5.74) is 7.90. The van der Waals surface area contributed by atoms with Crippen molar-refractivity contribution in [1.29, 1.82) is 0 Å². The highest BCUT2D eigenvalue weighted by Crippen LogP contribution is 2.22. The quantitative estimate of drug-likeness (QED) is 0.915. The third kappa shape index (κ3) is 2.36. The molecule has 1 unspecified atom stereocenters. The van der Waals surface area contributed by atoms with Crippen LogP contribution in [-0.2, 0) is 11.2 Å². The van der Waals surface area contributed by atoms with Gasteiger partial charge in [0, 0.05) is 30.5 Å². The van der Waals surface area contributed by atoms with E-state index in [0.29, 0.717) is 6.42 Å². The van der Waals surface area contributed by atoms with Crippen molar-refractivity contribution in [3.63, 3.8) is 0 Å². The van der Waals surface area contributed by atoms with E-state index in [4.69, 9.17) is 10.2 Å². The molecule has 1 atom stereocenters. The first kappa shape index (κ1) is 12.2. The van der Waals surface area contributed by atoms with Crippen LogP contribution < -0.4 is 5.73 Å². The van der Waals surface area contributed by atoms with Gasteiger partial charge in [-0.3, -0.25) is 4.79 Å². The lowest BCUT2D eigenvalue weighted by atomic mass is 10.0. The van der Waals surface area contributed by atoms with Gasteiger partial charge in [-0.25, -0.2) is 0 Å². The molecular weight excluding hydrogens is 240 g/mol. The standard InChI is InChI=1S/C15H18N2O2/c16-13(15(18)17-7-3-4-8-17)9-11-10-19-14-6-2-1-5-12(11)14/h1-2,5-6,10,13H,3-4,7-9,16H2. The van der Waals surface area contributed by atoms with Gasteiger partial charge in [0.05, 0.1) is 12.3 Å². The Kier molecular flexibility index (Phi) is 3.25. The zero-order valence-corrected chi connectivity index (χ0v) is 10.8. The average molecular weight is 258 g/mol. The first-order valence-corrected chi connectivity index (χ1v) is 6.75. The lowest BCUT2D eigenvalue weighted by Crippen LogP contribution is -2.43. The minimum Gasteiger partial charge on any atom is -0.464 e. The maximum Gasteiger partial charge on any atom is 0.239 e. The van der Waals surface area contributed by atoms with Gasteiger partial charge in [-0.2, -0.15) is 0 Å². The Morgan fingerprint density at radius 2 is 2.05 bits per heavy atom. The second kappa shape index (κ2) is 5.05. The molecule has 1 aromatic heterocycles. The van der Waals surface area contributed by atoms with Crippen LogP contribution in [0.15, 0.2) is 34.9 Å². The van der Waals surface area contributed by atoms with Gasteiger partial charge in [0.15, 0.2) is 0 Å². The fourth-order valence-corrected chi connectivity index (χ4v) is 2.69. The van der Waals surface area contributed by atoms with Gasteiger partial charge in [0.2, 0.25) is 5.91 Å². The summed E-state index contributed by atoms with van der Waals surface area (Å²) in [6, 6.07) is 7.35. The molecule has 19 heavy (non-hydrogen) atoms. The van der Waals surface area contributed by atoms with E-state index in [2.05, 4.69) is 0 Å². The molecule has 0 saturated carbocycles. The SMILES string of the molecule is NC(Cc1coc2ccccc12)C(=O)N1CCCC1. The summed E-state index contributed by atoms with van der Waals surface area (Å²) in [4.78, 5) is 14.0. The highest BCUT2D eigenvalue weighted by molar-refractivity contribution is 5.85. The lowest BCUT2D eigenvalue weighted by molar-refractivity contribution is -0.131. The Morgan fingerprint density at radius 3 is 2.84 bits per heavy atom. The van der Waals surface area contributed by atoms with Crippen LogP contribution in [0, 0.1) is 0 Å². The molecule has 0 bridgehead atoms. The van der Waals surface area contributed by atoms with Crippen LogP contribution in [0.1, 0.15) is 18.4 Å². The fourth-order valence-electron chi connectivity index (χ4n) is 2.69. The smallest absolute Gasteiger partial charge is 0.239 e. The van der Waals surface area contributed by atoms with Gasteiger partial charge >= 0.3 is 0 Å². The third-order valence-electron chi connectivity index (χ3n) is 3.74. The molecule has 1 aliphatic heterocycles. The first-order valence-electron chi connectivity index (χ1n) is 6.75.